The van der Waals surface area contributed by atoms with Crippen molar-refractivity contribution in [3.8, 4) is 0 Å². The molecule has 1 fully saturated rings. The minimum Gasteiger partial charge on any atom is -0.373 e. The highest BCUT2D eigenvalue weighted by Gasteiger charge is 2.29. The fourth-order valence-corrected chi connectivity index (χ4v) is 2.10. The molecule has 0 bridgehead atoms. The molecule has 0 radical (unpaired) electrons. The number of aryl methyl sites for hydroxylation is 1. The monoisotopic (exact) mass is 241 g/mol. The van der Waals surface area contributed by atoms with Crippen LogP contribution in [0.25, 0.3) is 0 Å². The first-order valence-electron chi connectivity index (χ1n) is 5.46. The van der Waals surface area contributed by atoms with Gasteiger partial charge in [-0.25, -0.2) is 9.97 Å². The molecule has 1 N–H and O–H groups in total. The van der Waals surface area contributed by atoms with Gasteiger partial charge in [0.25, 0.3) is 0 Å². The quantitative estimate of drug-likeness (QED) is 0.826. The fourth-order valence-electron chi connectivity index (χ4n) is 1.88. The molecule has 88 valence electrons. The van der Waals surface area contributed by atoms with Gasteiger partial charge in [-0.1, -0.05) is 11.6 Å². The Bertz CT molecular complexity index is 357. The smallest absolute Gasteiger partial charge is 0.134 e. The van der Waals surface area contributed by atoms with Crippen molar-refractivity contribution >= 4 is 17.4 Å². The number of halogens is 1. The molecule has 0 amide bonds. The van der Waals surface area contributed by atoms with Gasteiger partial charge in [-0.05, 0) is 26.7 Å². The highest BCUT2D eigenvalue weighted by Crippen LogP contribution is 2.25. The molecule has 2 rings (SSSR count). The van der Waals surface area contributed by atoms with Gasteiger partial charge in [0.15, 0.2) is 0 Å². The van der Waals surface area contributed by atoms with E-state index in [0.717, 1.165) is 31.8 Å². The third kappa shape index (κ3) is 2.83. The van der Waals surface area contributed by atoms with Crippen molar-refractivity contribution in [1.82, 2.24) is 9.97 Å². The summed E-state index contributed by atoms with van der Waals surface area (Å²) in [7, 11) is 0. The predicted molar refractivity (Wildman–Crippen MR) is 63.9 cm³/mol. The van der Waals surface area contributed by atoms with Crippen molar-refractivity contribution < 1.29 is 4.74 Å². The molecule has 1 aliphatic rings. The van der Waals surface area contributed by atoms with Gasteiger partial charge < -0.3 is 10.1 Å². The molecule has 0 aliphatic carbocycles. The predicted octanol–water partition coefficient (Wildman–Crippen LogP) is 2.42. The Balaban J connectivity index is 1.98. The van der Waals surface area contributed by atoms with Crippen molar-refractivity contribution in [3.63, 3.8) is 0 Å². The molecule has 1 unspecified atom stereocenters. The minimum absolute atomic E-state index is 0.0780. The summed E-state index contributed by atoms with van der Waals surface area (Å²) in [5.41, 5.74) is -0.0780. The average molecular weight is 242 g/mol. The van der Waals surface area contributed by atoms with Crippen LogP contribution in [0.2, 0.25) is 5.15 Å². The lowest BCUT2D eigenvalue weighted by Gasteiger charge is -2.23. The zero-order valence-electron chi connectivity index (χ0n) is 9.59. The van der Waals surface area contributed by atoms with Crippen LogP contribution in [0.5, 0.6) is 0 Å². The molecule has 1 saturated heterocycles. The lowest BCUT2D eigenvalue weighted by molar-refractivity contribution is 0.0314. The summed E-state index contributed by atoms with van der Waals surface area (Å²) in [5, 5.41) is 3.71. The maximum atomic E-state index is 5.86. The van der Waals surface area contributed by atoms with Gasteiger partial charge in [-0.3, -0.25) is 0 Å². The molecular weight excluding hydrogens is 226 g/mol. The number of aromatic nitrogens is 2. The Morgan fingerprint density at radius 3 is 3.00 bits per heavy atom. The Hall–Kier alpha value is -0.870. The number of anilines is 1. The Morgan fingerprint density at radius 1 is 1.56 bits per heavy atom. The van der Waals surface area contributed by atoms with Crippen LogP contribution in [0, 0.1) is 6.92 Å². The third-order valence-corrected chi connectivity index (χ3v) is 2.94. The van der Waals surface area contributed by atoms with Crippen molar-refractivity contribution in [2.24, 2.45) is 0 Å². The number of rotatable bonds is 3. The normalized spacial score (nSPS) is 24.7. The largest absolute Gasteiger partial charge is 0.373 e. The van der Waals surface area contributed by atoms with Crippen molar-refractivity contribution in [2.45, 2.75) is 32.3 Å². The standard InChI is InChI=1S/C11H16ClN3O/c1-8-14-9(12)6-10(15-8)13-7-11(2)4-3-5-16-11/h6H,3-5,7H2,1-2H3,(H,13,14,15). The van der Waals surface area contributed by atoms with Crippen molar-refractivity contribution in [1.29, 1.82) is 0 Å². The number of nitrogens with zero attached hydrogens (tertiary/aromatic N) is 2. The van der Waals surface area contributed by atoms with E-state index in [0.29, 0.717) is 11.0 Å². The van der Waals surface area contributed by atoms with Crippen LogP contribution in [0.4, 0.5) is 5.82 Å². The maximum absolute atomic E-state index is 5.86. The van der Waals surface area contributed by atoms with E-state index in [1.807, 2.05) is 6.92 Å². The lowest BCUT2D eigenvalue weighted by Crippen LogP contribution is -2.32. The SMILES string of the molecule is Cc1nc(Cl)cc(NCC2(C)CCCO2)n1. The van der Waals surface area contributed by atoms with E-state index >= 15 is 0 Å². The molecule has 1 aromatic heterocycles. The van der Waals surface area contributed by atoms with Crippen molar-refractivity contribution in [2.75, 3.05) is 18.5 Å². The molecule has 0 aromatic carbocycles. The van der Waals surface area contributed by atoms with Gasteiger partial charge in [0.05, 0.1) is 5.60 Å². The first-order valence-corrected chi connectivity index (χ1v) is 5.84. The van der Waals surface area contributed by atoms with Crippen LogP contribution in [-0.2, 0) is 4.74 Å². The fraction of sp³-hybridized carbons (Fsp3) is 0.636. The first kappa shape index (κ1) is 11.6. The highest BCUT2D eigenvalue weighted by molar-refractivity contribution is 6.29. The van der Waals surface area contributed by atoms with E-state index in [1.54, 1.807) is 6.07 Å². The Morgan fingerprint density at radius 2 is 2.38 bits per heavy atom. The van der Waals surface area contributed by atoms with E-state index in [-0.39, 0.29) is 5.60 Å². The summed E-state index contributed by atoms with van der Waals surface area (Å²) in [6.45, 7) is 5.54. The van der Waals surface area contributed by atoms with Crippen LogP contribution in [-0.4, -0.2) is 28.7 Å². The Kier molecular flexibility index (Phi) is 3.30. The second kappa shape index (κ2) is 4.55. The van der Waals surface area contributed by atoms with Gasteiger partial charge in [-0.15, -0.1) is 0 Å². The second-order valence-electron chi connectivity index (χ2n) is 4.38. The average Bonchev–Trinajstić information content (AvgIpc) is 2.62. The van der Waals surface area contributed by atoms with Gasteiger partial charge in [0.1, 0.15) is 16.8 Å². The van der Waals surface area contributed by atoms with Crippen LogP contribution >= 0.6 is 11.6 Å². The van der Waals surface area contributed by atoms with Crippen LogP contribution in [0.1, 0.15) is 25.6 Å². The van der Waals surface area contributed by atoms with E-state index < -0.39 is 0 Å². The third-order valence-electron chi connectivity index (χ3n) is 2.75. The number of hydrogen-bond acceptors (Lipinski definition) is 4. The summed E-state index contributed by atoms with van der Waals surface area (Å²) in [6.07, 6.45) is 2.21. The van der Waals surface area contributed by atoms with Gasteiger partial charge in [-0.2, -0.15) is 0 Å². The molecule has 2 heterocycles. The summed E-state index contributed by atoms with van der Waals surface area (Å²) in [4.78, 5) is 8.28. The molecule has 1 atom stereocenters. The lowest BCUT2D eigenvalue weighted by atomic mass is 10.0. The Labute approximate surface area is 100 Å². The molecule has 1 aliphatic heterocycles. The topological polar surface area (TPSA) is 47.0 Å². The second-order valence-corrected chi connectivity index (χ2v) is 4.77. The molecule has 16 heavy (non-hydrogen) atoms. The molecule has 4 nitrogen and oxygen atoms in total. The van der Waals surface area contributed by atoms with Gasteiger partial charge in [0.2, 0.25) is 0 Å². The van der Waals surface area contributed by atoms with Gasteiger partial charge >= 0.3 is 0 Å². The summed E-state index contributed by atoms with van der Waals surface area (Å²) in [5.74, 6) is 1.43. The zero-order valence-corrected chi connectivity index (χ0v) is 10.3. The number of hydrogen-bond donors (Lipinski definition) is 1. The van der Waals surface area contributed by atoms with E-state index in [1.165, 1.54) is 0 Å². The molecule has 0 saturated carbocycles. The maximum Gasteiger partial charge on any atom is 0.134 e. The minimum atomic E-state index is -0.0780. The number of ether oxygens (including phenoxy) is 1. The van der Waals surface area contributed by atoms with Crippen LogP contribution in [0.3, 0.4) is 0 Å². The summed E-state index contributed by atoms with van der Waals surface area (Å²) in [6, 6.07) is 1.73. The van der Waals surface area contributed by atoms with Gasteiger partial charge in [0, 0.05) is 19.2 Å². The molecular formula is C11H16ClN3O. The first-order chi connectivity index (χ1) is 7.57. The zero-order chi connectivity index (χ0) is 11.6. The number of nitrogens with one attached hydrogen (secondary N) is 1. The van der Waals surface area contributed by atoms with E-state index in [4.69, 9.17) is 16.3 Å². The van der Waals surface area contributed by atoms with E-state index in [2.05, 4.69) is 22.2 Å². The van der Waals surface area contributed by atoms with E-state index in [9.17, 15) is 0 Å². The van der Waals surface area contributed by atoms with Crippen LogP contribution in [0.15, 0.2) is 6.07 Å². The molecule has 1 aromatic rings. The highest BCUT2D eigenvalue weighted by atomic mass is 35.5. The van der Waals surface area contributed by atoms with Crippen LogP contribution < -0.4 is 5.32 Å². The summed E-state index contributed by atoms with van der Waals surface area (Å²) < 4.78 is 5.68. The summed E-state index contributed by atoms with van der Waals surface area (Å²) >= 11 is 5.86. The van der Waals surface area contributed by atoms with Crippen molar-refractivity contribution in [3.05, 3.63) is 17.0 Å². The molecule has 0 spiro atoms. The molecule has 5 heteroatoms.